The molecule has 1 aromatic carbocycles. The van der Waals surface area contributed by atoms with Crippen LogP contribution >= 0.6 is 0 Å². The van der Waals surface area contributed by atoms with Crippen LogP contribution in [-0.2, 0) is 0 Å². The molecular formula is C25H26N6. The maximum absolute atomic E-state index is 4.99. The Morgan fingerprint density at radius 1 is 1.10 bits per heavy atom. The molecule has 0 aliphatic carbocycles. The van der Waals surface area contributed by atoms with Crippen molar-refractivity contribution in [2.24, 2.45) is 0 Å². The van der Waals surface area contributed by atoms with Crippen LogP contribution in [0.15, 0.2) is 49.3 Å². The molecular weight excluding hydrogens is 384 g/mol. The van der Waals surface area contributed by atoms with E-state index in [1.165, 1.54) is 24.9 Å². The molecule has 4 heterocycles. The number of anilines is 1. The number of rotatable bonds is 4. The normalized spacial score (nSPS) is 15.7. The Morgan fingerprint density at radius 3 is 2.68 bits per heavy atom. The Labute approximate surface area is 181 Å². The molecule has 0 radical (unpaired) electrons. The molecule has 6 nitrogen and oxygen atoms in total. The number of allylic oxidation sites excluding steroid dienone is 1. The van der Waals surface area contributed by atoms with E-state index in [2.05, 4.69) is 55.9 Å². The Hall–Kier alpha value is -3.67. The first-order valence-corrected chi connectivity index (χ1v) is 10.8. The van der Waals surface area contributed by atoms with Crippen molar-refractivity contribution in [3.05, 3.63) is 65.4 Å². The number of pyridine rings is 1. The number of fused-ring (bicyclic) bond motifs is 1. The van der Waals surface area contributed by atoms with Gasteiger partial charge in [0.25, 0.3) is 0 Å². The van der Waals surface area contributed by atoms with Crippen molar-refractivity contribution in [2.45, 2.75) is 26.2 Å². The summed E-state index contributed by atoms with van der Waals surface area (Å²) in [4.78, 5) is 15.0. The highest BCUT2D eigenvalue weighted by atomic mass is 15.2. The number of aromatic amines is 2. The molecule has 0 saturated carbocycles. The maximum atomic E-state index is 4.99. The second kappa shape index (κ2) is 8.22. The molecule has 0 bridgehead atoms. The van der Waals surface area contributed by atoms with Gasteiger partial charge in [-0.15, -0.1) is 0 Å². The van der Waals surface area contributed by atoms with Gasteiger partial charge in [-0.1, -0.05) is 18.7 Å². The summed E-state index contributed by atoms with van der Waals surface area (Å²) < 4.78 is 0. The van der Waals surface area contributed by atoms with Crippen LogP contribution in [0.4, 0.5) is 5.69 Å². The second-order valence-electron chi connectivity index (χ2n) is 7.90. The molecule has 4 aromatic rings. The molecule has 0 unspecified atom stereocenters. The van der Waals surface area contributed by atoms with Crippen LogP contribution in [0.25, 0.3) is 40.3 Å². The molecule has 2 N–H and O–H groups in total. The van der Waals surface area contributed by atoms with Crippen molar-refractivity contribution in [3.63, 3.8) is 0 Å². The summed E-state index contributed by atoms with van der Waals surface area (Å²) in [5, 5.41) is 9.66. The fourth-order valence-electron chi connectivity index (χ4n) is 4.25. The largest absolute Gasteiger partial charge is 0.370 e. The average molecular weight is 411 g/mol. The van der Waals surface area contributed by atoms with E-state index in [9.17, 15) is 0 Å². The molecule has 1 aliphatic heterocycles. The highest BCUT2D eigenvalue weighted by molar-refractivity contribution is 5.92. The number of piperidine rings is 1. The number of benzene rings is 1. The lowest BCUT2D eigenvalue weighted by Crippen LogP contribution is -2.29. The van der Waals surface area contributed by atoms with Gasteiger partial charge in [0.2, 0.25) is 0 Å². The molecule has 0 spiro atoms. The number of nitrogens with one attached hydrogen (secondary N) is 2. The number of para-hydroxylation sites is 1. The zero-order valence-corrected chi connectivity index (χ0v) is 17.7. The zero-order valence-electron chi connectivity index (χ0n) is 17.7. The molecule has 0 amide bonds. The molecule has 6 heteroatoms. The number of H-pyrrole nitrogens is 2. The van der Waals surface area contributed by atoms with Crippen molar-refractivity contribution in [1.82, 2.24) is 25.1 Å². The van der Waals surface area contributed by atoms with E-state index in [0.717, 1.165) is 57.3 Å². The third kappa shape index (κ3) is 3.65. The van der Waals surface area contributed by atoms with Gasteiger partial charge >= 0.3 is 0 Å². The summed E-state index contributed by atoms with van der Waals surface area (Å²) >= 11 is 0. The molecule has 1 fully saturated rings. The van der Waals surface area contributed by atoms with Crippen molar-refractivity contribution in [3.8, 4) is 11.5 Å². The first-order chi connectivity index (χ1) is 15.2. The van der Waals surface area contributed by atoms with Crippen LogP contribution in [0.5, 0.6) is 0 Å². The van der Waals surface area contributed by atoms with Crippen LogP contribution in [0, 0.1) is 0 Å². The van der Waals surface area contributed by atoms with Gasteiger partial charge in [0.05, 0.1) is 16.6 Å². The van der Waals surface area contributed by atoms with Crippen molar-refractivity contribution in [1.29, 1.82) is 0 Å². The Bertz CT molecular complexity index is 1340. The van der Waals surface area contributed by atoms with E-state index in [-0.39, 0.29) is 0 Å². The van der Waals surface area contributed by atoms with E-state index in [1.54, 1.807) is 12.4 Å². The number of nitrogens with zero attached hydrogens (tertiary/aromatic N) is 4. The van der Waals surface area contributed by atoms with E-state index >= 15 is 0 Å². The number of hydrogen-bond acceptors (Lipinski definition) is 4. The van der Waals surface area contributed by atoms with Crippen LogP contribution in [0.2, 0.25) is 0 Å². The molecule has 156 valence electrons. The predicted molar refractivity (Wildman–Crippen MR) is 127 cm³/mol. The summed E-state index contributed by atoms with van der Waals surface area (Å²) in [6, 6.07) is 10.3. The van der Waals surface area contributed by atoms with Crippen molar-refractivity contribution in [2.75, 3.05) is 18.0 Å². The SMILES string of the molecule is C=C(/C=c1/c(-c2nc3c(N4CCCCC4)cccc3[nH]2)n[nH]/c1=C/C)c1ccncc1. The van der Waals surface area contributed by atoms with Crippen LogP contribution in [0.3, 0.4) is 0 Å². The third-order valence-corrected chi connectivity index (χ3v) is 5.90. The first kappa shape index (κ1) is 19.3. The Balaban J connectivity index is 1.62. The standard InChI is InChI=1S/C25H26N6/c1-3-20-19(16-17(2)18-10-12-26-13-11-18)23(30-29-20)25-27-21-8-7-9-22(24(21)28-25)31-14-5-4-6-15-31/h3,7-13,16,29H,2,4-6,14-15H2,1H3,(H,27,28)/b19-16+,20-3+. The molecule has 3 aromatic heterocycles. The minimum atomic E-state index is 0.762. The van der Waals surface area contributed by atoms with E-state index in [0.29, 0.717) is 0 Å². The van der Waals surface area contributed by atoms with Gasteiger partial charge in [-0.05, 0) is 67.7 Å². The molecule has 1 saturated heterocycles. The van der Waals surface area contributed by atoms with Gasteiger partial charge in [0.1, 0.15) is 11.2 Å². The predicted octanol–water partition coefficient (Wildman–Crippen LogP) is 3.63. The summed E-state index contributed by atoms with van der Waals surface area (Å²) in [6.07, 6.45) is 11.4. The fourth-order valence-corrected chi connectivity index (χ4v) is 4.25. The van der Waals surface area contributed by atoms with Gasteiger partial charge in [0.15, 0.2) is 5.82 Å². The second-order valence-corrected chi connectivity index (χ2v) is 7.90. The third-order valence-electron chi connectivity index (χ3n) is 5.90. The lowest BCUT2D eigenvalue weighted by Gasteiger charge is -2.28. The van der Waals surface area contributed by atoms with Crippen LogP contribution in [-0.4, -0.2) is 38.2 Å². The summed E-state index contributed by atoms with van der Waals surface area (Å²) in [7, 11) is 0. The van der Waals surface area contributed by atoms with Gasteiger partial charge in [-0.3, -0.25) is 10.1 Å². The maximum Gasteiger partial charge on any atom is 0.159 e. The van der Waals surface area contributed by atoms with Gasteiger partial charge < -0.3 is 9.88 Å². The lowest BCUT2D eigenvalue weighted by atomic mass is 10.1. The Kier molecular flexibility index (Phi) is 5.12. The minimum absolute atomic E-state index is 0.762. The smallest absolute Gasteiger partial charge is 0.159 e. The van der Waals surface area contributed by atoms with Crippen LogP contribution in [0.1, 0.15) is 31.7 Å². The first-order valence-electron chi connectivity index (χ1n) is 10.8. The van der Waals surface area contributed by atoms with Gasteiger partial charge in [-0.2, -0.15) is 5.10 Å². The van der Waals surface area contributed by atoms with Gasteiger partial charge in [0, 0.05) is 30.7 Å². The number of aromatic nitrogens is 5. The molecule has 0 atom stereocenters. The molecule has 1 aliphatic rings. The Morgan fingerprint density at radius 2 is 1.90 bits per heavy atom. The highest BCUT2D eigenvalue weighted by Crippen LogP contribution is 2.29. The number of imidazole rings is 1. The minimum Gasteiger partial charge on any atom is -0.370 e. The zero-order chi connectivity index (χ0) is 21.2. The summed E-state index contributed by atoms with van der Waals surface area (Å²) in [6.45, 7) is 8.42. The van der Waals surface area contributed by atoms with Gasteiger partial charge in [-0.25, -0.2) is 4.98 Å². The fraction of sp³-hybridized carbons (Fsp3) is 0.240. The number of hydrogen-bond donors (Lipinski definition) is 2. The quantitative estimate of drug-likeness (QED) is 0.539. The van der Waals surface area contributed by atoms with Crippen LogP contribution < -0.4 is 15.5 Å². The average Bonchev–Trinajstić information content (AvgIpc) is 3.43. The highest BCUT2D eigenvalue weighted by Gasteiger charge is 2.17. The van der Waals surface area contributed by atoms with E-state index in [1.807, 2.05) is 25.1 Å². The molecule has 5 rings (SSSR count). The summed E-state index contributed by atoms with van der Waals surface area (Å²) in [5.74, 6) is 0.762. The lowest BCUT2D eigenvalue weighted by molar-refractivity contribution is 0.579. The monoisotopic (exact) mass is 410 g/mol. The van der Waals surface area contributed by atoms with E-state index in [4.69, 9.17) is 4.98 Å². The molecule has 31 heavy (non-hydrogen) atoms. The topological polar surface area (TPSA) is 73.5 Å². The van der Waals surface area contributed by atoms with Crippen molar-refractivity contribution < 1.29 is 0 Å². The van der Waals surface area contributed by atoms with E-state index < -0.39 is 0 Å². The van der Waals surface area contributed by atoms with Crippen molar-refractivity contribution >= 4 is 34.4 Å². The summed E-state index contributed by atoms with van der Waals surface area (Å²) in [5.41, 5.74) is 5.96.